The zero-order valence-electron chi connectivity index (χ0n) is 8.47. The van der Waals surface area contributed by atoms with Gasteiger partial charge < -0.3 is 10.5 Å². The number of hydrogen-bond donors (Lipinski definition) is 1. The van der Waals surface area contributed by atoms with Crippen molar-refractivity contribution in [1.82, 2.24) is 4.98 Å². The van der Waals surface area contributed by atoms with Gasteiger partial charge in [0.1, 0.15) is 11.5 Å². The van der Waals surface area contributed by atoms with E-state index in [1.165, 1.54) is 0 Å². The molecule has 0 bridgehead atoms. The van der Waals surface area contributed by atoms with Crippen molar-refractivity contribution in [2.24, 2.45) is 0 Å². The smallest absolute Gasteiger partial charge is 0.145 e. The maximum atomic E-state index is 5.64. The number of hydrogen-bond acceptors (Lipinski definition) is 3. The first-order chi connectivity index (χ1) is 7.24. The molecule has 0 atom stereocenters. The largest absolute Gasteiger partial charge is 0.456 e. The van der Waals surface area contributed by atoms with E-state index in [0.29, 0.717) is 11.4 Å². The van der Waals surface area contributed by atoms with E-state index in [9.17, 15) is 0 Å². The molecule has 1 aromatic carbocycles. The van der Waals surface area contributed by atoms with E-state index in [2.05, 4.69) is 4.98 Å². The predicted molar refractivity (Wildman–Crippen MR) is 59.9 cm³/mol. The number of anilines is 1. The van der Waals surface area contributed by atoms with Crippen molar-refractivity contribution in [2.75, 3.05) is 5.73 Å². The molecule has 0 saturated heterocycles. The van der Waals surface area contributed by atoms with Crippen LogP contribution in [-0.2, 0) is 0 Å². The second-order valence-corrected chi connectivity index (χ2v) is 3.31. The Kier molecular flexibility index (Phi) is 2.54. The van der Waals surface area contributed by atoms with Crippen LogP contribution in [0.2, 0.25) is 0 Å². The summed E-state index contributed by atoms with van der Waals surface area (Å²) in [5.41, 5.74) is 7.30. The number of aryl methyl sites for hydroxylation is 1. The number of aromatic nitrogens is 1. The van der Waals surface area contributed by atoms with E-state index in [1.54, 1.807) is 12.3 Å². The summed E-state index contributed by atoms with van der Waals surface area (Å²) in [5, 5.41) is 0. The third-order valence-corrected chi connectivity index (χ3v) is 1.98. The molecule has 3 nitrogen and oxygen atoms in total. The Labute approximate surface area is 88.5 Å². The van der Waals surface area contributed by atoms with Crippen molar-refractivity contribution in [3.8, 4) is 11.5 Å². The zero-order chi connectivity index (χ0) is 10.7. The van der Waals surface area contributed by atoms with Gasteiger partial charge in [-0.2, -0.15) is 0 Å². The number of pyridine rings is 1. The van der Waals surface area contributed by atoms with E-state index in [1.807, 2.05) is 37.3 Å². The minimum atomic E-state index is 0.688. The first kappa shape index (κ1) is 9.52. The fraction of sp³-hybridized carbons (Fsp3) is 0.0833. The van der Waals surface area contributed by atoms with Gasteiger partial charge in [-0.1, -0.05) is 6.07 Å². The van der Waals surface area contributed by atoms with Crippen LogP contribution in [0.1, 0.15) is 5.69 Å². The summed E-state index contributed by atoms with van der Waals surface area (Å²) in [6.07, 6.45) is 1.69. The molecule has 0 radical (unpaired) electrons. The van der Waals surface area contributed by atoms with Crippen molar-refractivity contribution in [2.45, 2.75) is 6.92 Å². The van der Waals surface area contributed by atoms with Gasteiger partial charge in [-0.25, -0.2) is 0 Å². The zero-order valence-corrected chi connectivity index (χ0v) is 8.47. The first-order valence-corrected chi connectivity index (χ1v) is 4.70. The molecule has 0 aliphatic rings. The van der Waals surface area contributed by atoms with Crippen LogP contribution < -0.4 is 10.5 Å². The van der Waals surface area contributed by atoms with Crippen LogP contribution >= 0.6 is 0 Å². The number of nitrogens with two attached hydrogens (primary N) is 1. The van der Waals surface area contributed by atoms with Gasteiger partial charge in [-0.05, 0) is 31.2 Å². The average Bonchev–Trinajstić information content (AvgIpc) is 2.22. The highest BCUT2D eigenvalue weighted by Crippen LogP contribution is 2.22. The molecule has 1 aromatic heterocycles. The molecular formula is C12H12N2O. The Balaban J connectivity index is 2.18. The fourth-order valence-corrected chi connectivity index (χ4v) is 1.23. The number of benzene rings is 1. The van der Waals surface area contributed by atoms with E-state index in [4.69, 9.17) is 10.5 Å². The maximum Gasteiger partial charge on any atom is 0.145 e. The van der Waals surface area contributed by atoms with Gasteiger partial charge in [-0.3, -0.25) is 4.98 Å². The lowest BCUT2D eigenvalue weighted by Gasteiger charge is -2.05. The standard InChI is InChI=1S/C12H12N2O/c1-9-5-6-12(8-14-9)15-11-4-2-3-10(13)7-11/h2-8H,13H2,1H3. The molecule has 1 heterocycles. The van der Waals surface area contributed by atoms with Gasteiger partial charge in [0.05, 0.1) is 6.20 Å². The lowest BCUT2D eigenvalue weighted by molar-refractivity contribution is 0.480. The third-order valence-electron chi connectivity index (χ3n) is 1.98. The van der Waals surface area contributed by atoms with Crippen LogP contribution in [-0.4, -0.2) is 4.98 Å². The molecule has 3 heteroatoms. The number of rotatable bonds is 2. The van der Waals surface area contributed by atoms with Gasteiger partial charge >= 0.3 is 0 Å². The molecule has 2 rings (SSSR count). The van der Waals surface area contributed by atoms with Crippen LogP contribution in [0.3, 0.4) is 0 Å². The number of nitrogen functional groups attached to an aromatic ring is 1. The van der Waals surface area contributed by atoms with E-state index in [-0.39, 0.29) is 0 Å². The Morgan fingerprint density at radius 2 is 2.00 bits per heavy atom. The molecule has 0 aliphatic carbocycles. The van der Waals surface area contributed by atoms with Gasteiger partial charge in [0.2, 0.25) is 0 Å². The second-order valence-electron chi connectivity index (χ2n) is 3.31. The highest BCUT2D eigenvalue weighted by atomic mass is 16.5. The summed E-state index contributed by atoms with van der Waals surface area (Å²) < 4.78 is 5.57. The van der Waals surface area contributed by atoms with Crippen molar-refractivity contribution in [3.63, 3.8) is 0 Å². The van der Waals surface area contributed by atoms with Crippen LogP contribution in [0.25, 0.3) is 0 Å². The monoisotopic (exact) mass is 200 g/mol. The van der Waals surface area contributed by atoms with Gasteiger partial charge in [-0.15, -0.1) is 0 Å². The van der Waals surface area contributed by atoms with Crippen molar-refractivity contribution < 1.29 is 4.74 Å². The van der Waals surface area contributed by atoms with Crippen LogP contribution in [0.15, 0.2) is 42.6 Å². The first-order valence-electron chi connectivity index (χ1n) is 4.70. The Hall–Kier alpha value is -2.03. The minimum absolute atomic E-state index is 0.688. The normalized spacial score (nSPS) is 9.93. The molecule has 0 fully saturated rings. The van der Waals surface area contributed by atoms with E-state index < -0.39 is 0 Å². The highest BCUT2D eigenvalue weighted by Gasteiger charge is 1.97. The van der Waals surface area contributed by atoms with Crippen molar-refractivity contribution >= 4 is 5.69 Å². The fourth-order valence-electron chi connectivity index (χ4n) is 1.23. The van der Waals surface area contributed by atoms with Crippen molar-refractivity contribution in [1.29, 1.82) is 0 Å². The van der Waals surface area contributed by atoms with Gasteiger partial charge in [0, 0.05) is 17.4 Å². The molecule has 0 amide bonds. The second kappa shape index (κ2) is 4.00. The molecule has 0 saturated carbocycles. The molecule has 0 spiro atoms. The molecule has 2 N–H and O–H groups in total. The molecule has 15 heavy (non-hydrogen) atoms. The van der Waals surface area contributed by atoms with Crippen LogP contribution in [0.4, 0.5) is 5.69 Å². The van der Waals surface area contributed by atoms with Gasteiger partial charge in [0.15, 0.2) is 0 Å². The molecular weight excluding hydrogens is 188 g/mol. The average molecular weight is 200 g/mol. The number of ether oxygens (including phenoxy) is 1. The molecule has 0 aliphatic heterocycles. The summed E-state index contributed by atoms with van der Waals surface area (Å²) in [6, 6.07) is 11.1. The van der Waals surface area contributed by atoms with Crippen LogP contribution in [0, 0.1) is 6.92 Å². The topological polar surface area (TPSA) is 48.1 Å². The third kappa shape index (κ3) is 2.47. The van der Waals surface area contributed by atoms with Gasteiger partial charge in [0.25, 0.3) is 0 Å². The molecule has 2 aromatic rings. The predicted octanol–water partition coefficient (Wildman–Crippen LogP) is 2.76. The SMILES string of the molecule is Cc1ccc(Oc2cccc(N)c2)cn1. The van der Waals surface area contributed by atoms with Crippen LogP contribution in [0.5, 0.6) is 11.5 Å². The van der Waals surface area contributed by atoms with E-state index in [0.717, 1.165) is 11.4 Å². The molecule has 76 valence electrons. The lowest BCUT2D eigenvalue weighted by Crippen LogP contribution is -1.88. The van der Waals surface area contributed by atoms with E-state index >= 15 is 0 Å². The quantitative estimate of drug-likeness (QED) is 0.758. The molecule has 0 unspecified atom stereocenters. The Morgan fingerprint density at radius 1 is 1.13 bits per heavy atom. The maximum absolute atomic E-state index is 5.64. The summed E-state index contributed by atoms with van der Waals surface area (Å²) in [6.45, 7) is 1.93. The van der Waals surface area contributed by atoms with Crippen molar-refractivity contribution in [3.05, 3.63) is 48.3 Å². The highest BCUT2D eigenvalue weighted by molar-refractivity contribution is 5.44. The summed E-state index contributed by atoms with van der Waals surface area (Å²) >= 11 is 0. The number of nitrogens with zero attached hydrogens (tertiary/aromatic N) is 1. The summed E-state index contributed by atoms with van der Waals surface area (Å²) in [5.74, 6) is 1.44. The summed E-state index contributed by atoms with van der Waals surface area (Å²) in [7, 11) is 0. The lowest BCUT2D eigenvalue weighted by atomic mass is 10.3. The Bertz CT molecular complexity index is 451. The summed E-state index contributed by atoms with van der Waals surface area (Å²) in [4.78, 5) is 4.14. The minimum Gasteiger partial charge on any atom is -0.456 e. The Morgan fingerprint density at radius 3 is 2.67 bits per heavy atom.